The van der Waals surface area contributed by atoms with E-state index in [9.17, 15) is 4.79 Å². The molecule has 0 N–H and O–H groups in total. The molecule has 2 aromatic rings. The second-order valence-electron chi connectivity index (χ2n) is 7.25. The van der Waals surface area contributed by atoms with Crippen LogP contribution in [0.4, 0.5) is 0 Å². The summed E-state index contributed by atoms with van der Waals surface area (Å²) >= 11 is 6.11. The number of aromatic nitrogens is 2. The molecule has 0 radical (unpaired) electrons. The van der Waals surface area contributed by atoms with Gasteiger partial charge in [0.05, 0.1) is 11.0 Å². The van der Waals surface area contributed by atoms with Crippen molar-refractivity contribution >= 4 is 22.6 Å². The third-order valence-corrected chi connectivity index (χ3v) is 5.95. The van der Waals surface area contributed by atoms with Gasteiger partial charge >= 0.3 is 0 Å². The quantitative estimate of drug-likeness (QED) is 0.834. The third-order valence-electron chi connectivity index (χ3n) is 5.72. The van der Waals surface area contributed by atoms with Crippen molar-refractivity contribution in [2.45, 2.75) is 51.6 Å². The Labute approximate surface area is 147 Å². The fraction of sp³-hybridized carbons (Fsp3) is 0.579. The van der Waals surface area contributed by atoms with Crippen LogP contribution in [0.5, 0.6) is 0 Å². The number of hydrogen-bond donors (Lipinski definition) is 0. The summed E-state index contributed by atoms with van der Waals surface area (Å²) in [5.41, 5.74) is 2.32. The van der Waals surface area contributed by atoms with Gasteiger partial charge in [-0.05, 0) is 69.8 Å². The van der Waals surface area contributed by atoms with Gasteiger partial charge in [0.1, 0.15) is 5.69 Å². The van der Waals surface area contributed by atoms with E-state index in [4.69, 9.17) is 11.6 Å². The van der Waals surface area contributed by atoms with Crippen molar-refractivity contribution in [3.05, 3.63) is 39.3 Å². The van der Waals surface area contributed by atoms with Crippen LogP contribution in [0, 0.1) is 12.8 Å². The van der Waals surface area contributed by atoms with Crippen LogP contribution in [0.2, 0.25) is 5.02 Å². The van der Waals surface area contributed by atoms with Gasteiger partial charge in [0.25, 0.3) is 5.56 Å². The van der Waals surface area contributed by atoms with Crippen LogP contribution in [-0.2, 0) is 6.54 Å². The first-order valence-corrected chi connectivity index (χ1v) is 9.42. The van der Waals surface area contributed by atoms with Crippen LogP contribution in [0.15, 0.2) is 23.0 Å². The van der Waals surface area contributed by atoms with E-state index in [1.807, 2.05) is 22.8 Å². The molecule has 2 atom stereocenters. The number of nitrogens with zero attached hydrogens (tertiary/aromatic N) is 3. The first kappa shape index (κ1) is 16.1. The van der Waals surface area contributed by atoms with Crippen molar-refractivity contribution in [1.29, 1.82) is 0 Å². The van der Waals surface area contributed by atoms with Crippen LogP contribution in [0.1, 0.15) is 37.8 Å². The number of piperidine rings is 2. The molecule has 0 spiro atoms. The minimum absolute atomic E-state index is 0.0396. The lowest BCUT2D eigenvalue weighted by Crippen LogP contribution is -2.49. The molecule has 1 aromatic carbocycles. The summed E-state index contributed by atoms with van der Waals surface area (Å²) in [6.45, 7) is 5.04. The van der Waals surface area contributed by atoms with Gasteiger partial charge in [-0.15, -0.1) is 0 Å². The predicted octanol–water partition coefficient (Wildman–Crippen LogP) is 3.62. The van der Waals surface area contributed by atoms with E-state index in [0.29, 0.717) is 22.7 Å². The lowest BCUT2D eigenvalue weighted by Gasteiger charge is -2.44. The summed E-state index contributed by atoms with van der Waals surface area (Å²) in [5, 5.41) is 0.663. The maximum atomic E-state index is 12.8. The molecule has 0 amide bonds. The zero-order chi connectivity index (χ0) is 16.7. The van der Waals surface area contributed by atoms with Gasteiger partial charge in [-0.3, -0.25) is 4.79 Å². The molecule has 5 heteroatoms. The molecule has 3 heterocycles. The minimum Gasteiger partial charge on any atom is -0.305 e. The highest BCUT2D eigenvalue weighted by Crippen LogP contribution is 2.32. The van der Waals surface area contributed by atoms with E-state index >= 15 is 0 Å². The summed E-state index contributed by atoms with van der Waals surface area (Å²) < 4.78 is 1.94. The standard InChI is InChI=1S/C19H24ClN3O/c1-13-19(24)23(18-8-7-15(20)11-16(18)21-13)12-14-5-4-10-22-9-3-2-6-17(14)22/h7-8,11,14,17H,2-6,9-10,12H2,1H3/t14-,17-/m1/s1. The van der Waals surface area contributed by atoms with Crippen molar-refractivity contribution in [3.8, 4) is 0 Å². The molecule has 0 aliphatic carbocycles. The fourth-order valence-corrected chi connectivity index (χ4v) is 4.72. The molecule has 4 nitrogen and oxygen atoms in total. The van der Waals surface area contributed by atoms with Crippen LogP contribution < -0.4 is 5.56 Å². The summed E-state index contributed by atoms with van der Waals surface area (Å²) in [5.74, 6) is 0.553. The number of benzene rings is 1. The average molecular weight is 346 g/mol. The number of rotatable bonds is 2. The van der Waals surface area contributed by atoms with Crippen molar-refractivity contribution in [2.75, 3.05) is 13.1 Å². The number of aryl methyl sites for hydroxylation is 1. The minimum atomic E-state index is 0.0396. The van der Waals surface area contributed by atoms with Gasteiger partial charge in [0.2, 0.25) is 0 Å². The lowest BCUT2D eigenvalue weighted by molar-refractivity contribution is 0.0520. The van der Waals surface area contributed by atoms with E-state index < -0.39 is 0 Å². The van der Waals surface area contributed by atoms with Crippen LogP contribution in [0.3, 0.4) is 0 Å². The van der Waals surface area contributed by atoms with Crippen molar-refractivity contribution < 1.29 is 0 Å². The highest BCUT2D eigenvalue weighted by atomic mass is 35.5. The first-order valence-electron chi connectivity index (χ1n) is 9.04. The molecule has 2 aliphatic heterocycles. The second kappa shape index (κ2) is 6.49. The van der Waals surface area contributed by atoms with Gasteiger partial charge in [-0.2, -0.15) is 0 Å². The smallest absolute Gasteiger partial charge is 0.272 e. The SMILES string of the molecule is Cc1nc2cc(Cl)ccc2n(C[C@H]2CCCN3CCCC[C@H]23)c1=O. The summed E-state index contributed by atoms with van der Waals surface area (Å²) in [6, 6.07) is 6.28. The van der Waals surface area contributed by atoms with E-state index in [1.165, 1.54) is 45.2 Å². The van der Waals surface area contributed by atoms with Gasteiger partial charge < -0.3 is 9.47 Å². The fourth-order valence-electron chi connectivity index (χ4n) is 4.55. The van der Waals surface area contributed by atoms with Crippen molar-refractivity contribution in [3.63, 3.8) is 0 Å². The molecule has 0 unspecified atom stereocenters. The summed E-state index contributed by atoms with van der Waals surface area (Å²) in [6.07, 6.45) is 6.36. The second-order valence-corrected chi connectivity index (χ2v) is 7.68. The van der Waals surface area contributed by atoms with Crippen LogP contribution in [0.25, 0.3) is 11.0 Å². The average Bonchev–Trinajstić information content (AvgIpc) is 2.59. The summed E-state index contributed by atoms with van der Waals surface area (Å²) in [7, 11) is 0. The van der Waals surface area contributed by atoms with Gasteiger partial charge in [0, 0.05) is 17.6 Å². The van der Waals surface area contributed by atoms with E-state index in [1.54, 1.807) is 6.92 Å². The Balaban J connectivity index is 1.73. The number of halogens is 1. The van der Waals surface area contributed by atoms with E-state index in [2.05, 4.69) is 9.88 Å². The maximum absolute atomic E-state index is 12.8. The molecule has 2 saturated heterocycles. The molecular formula is C19H24ClN3O. The largest absolute Gasteiger partial charge is 0.305 e. The Morgan fingerprint density at radius 3 is 2.92 bits per heavy atom. The third kappa shape index (κ3) is 2.86. The number of fused-ring (bicyclic) bond motifs is 2. The van der Waals surface area contributed by atoms with E-state index in [0.717, 1.165) is 17.6 Å². The molecule has 2 fully saturated rings. The van der Waals surface area contributed by atoms with Crippen molar-refractivity contribution in [1.82, 2.24) is 14.5 Å². The Kier molecular flexibility index (Phi) is 4.35. The molecule has 24 heavy (non-hydrogen) atoms. The Morgan fingerprint density at radius 1 is 1.21 bits per heavy atom. The molecular weight excluding hydrogens is 322 g/mol. The van der Waals surface area contributed by atoms with Crippen LogP contribution >= 0.6 is 11.6 Å². The molecule has 1 aromatic heterocycles. The Bertz CT molecular complexity index is 814. The highest BCUT2D eigenvalue weighted by Gasteiger charge is 2.33. The maximum Gasteiger partial charge on any atom is 0.272 e. The van der Waals surface area contributed by atoms with Crippen LogP contribution in [-0.4, -0.2) is 33.6 Å². The van der Waals surface area contributed by atoms with Crippen molar-refractivity contribution in [2.24, 2.45) is 5.92 Å². The van der Waals surface area contributed by atoms with Gasteiger partial charge in [-0.25, -0.2) is 4.98 Å². The zero-order valence-electron chi connectivity index (χ0n) is 14.2. The van der Waals surface area contributed by atoms with E-state index in [-0.39, 0.29) is 5.56 Å². The Morgan fingerprint density at radius 2 is 2.04 bits per heavy atom. The molecule has 0 saturated carbocycles. The molecule has 4 rings (SSSR count). The molecule has 0 bridgehead atoms. The normalized spacial score (nSPS) is 24.9. The molecule has 128 valence electrons. The number of hydrogen-bond acceptors (Lipinski definition) is 3. The predicted molar refractivity (Wildman–Crippen MR) is 97.7 cm³/mol. The topological polar surface area (TPSA) is 38.1 Å². The molecule has 2 aliphatic rings. The van der Waals surface area contributed by atoms with Gasteiger partial charge in [-0.1, -0.05) is 18.0 Å². The Hall–Kier alpha value is -1.39. The lowest BCUT2D eigenvalue weighted by atomic mass is 9.83. The monoisotopic (exact) mass is 345 g/mol. The van der Waals surface area contributed by atoms with Gasteiger partial charge in [0.15, 0.2) is 0 Å². The highest BCUT2D eigenvalue weighted by molar-refractivity contribution is 6.31. The zero-order valence-corrected chi connectivity index (χ0v) is 14.9. The first-order chi connectivity index (χ1) is 11.6. The summed E-state index contributed by atoms with van der Waals surface area (Å²) in [4.78, 5) is 19.8.